The number of halogens is 3. The van der Waals surface area contributed by atoms with Crippen molar-refractivity contribution in [3.63, 3.8) is 0 Å². The van der Waals surface area contributed by atoms with Crippen LogP contribution in [0.3, 0.4) is 0 Å². The molecule has 1 unspecified atom stereocenters. The summed E-state index contributed by atoms with van der Waals surface area (Å²) in [5.41, 5.74) is 0.690. The third kappa shape index (κ3) is 3.11. The van der Waals surface area contributed by atoms with E-state index in [1.807, 2.05) is 0 Å². The number of hydrogen-bond donors (Lipinski definition) is 1. The van der Waals surface area contributed by atoms with Gasteiger partial charge in [-0.05, 0) is 45.8 Å². The van der Waals surface area contributed by atoms with E-state index in [0.29, 0.717) is 0 Å². The van der Waals surface area contributed by atoms with Gasteiger partial charge in [0.25, 0.3) is 0 Å². The van der Waals surface area contributed by atoms with Crippen molar-refractivity contribution >= 4 is 15.9 Å². The van der Waals surface area contributed by atoms with Crippen molar-refractivity contribution < 1.29 is 13.9 Å². The summed E-state index contributed by atoms with van der Waals surface area (Å²) in [6.45, 7) is 0. The van der Waals surface area contributed by atoms with Crippen LogP contribution in [-0.4, -0.2) is 10.1 Å². The lowest BCUT2D eigenvalue weighted by molar-refractivity contribution is 0.173. The molecule has 0 radical (unpaired) electrons. The summed E-state index contributed by atoms with van der Waals surface area (Å²) in [5.74, 6) is -1.19. The fraction of sp³-hybridized carbons (Fsp3) is 0.154. The van der Waals surface area contributed by atoms with E-state index in [4.69, 9.17) is 0 Å². The minimum atomic E-state index is -1.10. The highest BCUT2D eigenvalue weighted by molar-refractivity contribution is 9.10. The predicted octanol–water partition coefficient (Wildman–Crippen LogP) is 3.40. The van der Waals surface area contributed by atoms with E-state index < -0.39 is 17.7 Å². The first-order valence-corrected chi connectivity index (χ1v) is 6.08. The van der Waals surface area contributed by atoms with Crippen molar-refractivity contribution in [2.24, 2.45) is 0 Å². The molecule has 0 aliphatic heterocycles. The minimum absolute atomic E-state index is 0.0463. The standard InChI is InChI=1S/C13H10BrF2NO/c14-9-3-8(6-17-7-9)4-13(18)11-5-10(15)1-2-12(11)16/h1-3,5-7,13,18H,4H2. The number of rotatable bonds is 3. The first-order chi connectivity index (χ1) is 8.56. The second-order valence-corrected chi connectivity index (χ2v) is 4.81. The van der Waals surface area contributed by atoms with Crippen LogP contribution in [-0.2, 0) is 6.42 Å². The molecule has 1 N–H and O–H groups in total. The number of aliphatic hydroxyl groups excluding tert-OH is 1. The van der Waals surface area contributed by atoms with Crippen molar-refractivity contribution in [1.82, 2.24) is 4.98 Å². The zero-order valence-corrected chi connectivity index (χ0v) is 10.9. The number of aliphatic hydroxyl groups is 1. The van der Waals surface area contributed by atoms with Crippen molar-refractivity contribution in [2.75, 3.05) is 0 Å². The Balaban J connectivity index is 2.21. The summed E-state index contributed by atoms with van der Waals surface area (Å²) in [4.78, 5) is 3.95. The van der Waals surface area contributed by atoms with Gasteiger partial charge in [-0.25, -0.2) is 8.78 Å². The minimum Gasteiger partial charge on any atom is -0.388 e. The fourth-order valence-electron chi connectivity index (χ4n) is 1.67. The normalized spacial score (nSPS) is 12.4. The Morgan fingerprint density at radius 1 is 1.22 bits per heavy atom. The van der Waals surface area contributed by atoms with E-state index in [2.05, 4.69) is 20.9 Å². The first kappa shape index (κ1) is 13.1. The molecule has 0 bridgehead atoms. The average Bonchev–Trinajstić information content (AvgIpc) is 2.32. The molecule has 0 fully saturated rings. The van der Waals surface area contributed by atoms with E-state index >= 15 is 0 Å². The zero-order valence-electron chi connectivity index (χ0n) is 9.28. The van der Waals surface area contributed by atoms with Crippen LogP contribution in [0.5, 0.6) is 0 Å². The number of nitrogens with zero attached hydrogens (tertiary/aromatic N) is 1. The summed E-state index contributed by atoms with van der Waals surface area (Å²) in [5, 5.41) is 9.92. The third-order valence-corrected chi connectivity index (χ3v) is 2.94. The van der Waals surface area contributed by atoms with E-state index in [-0.39, 0.29) is 12.0 Å². The number of pyridine rings is 1. The van der Waals surface area contributed by atoms with Crippen LogP contribution in [0.2, 0.25) is 0 Å². The van der Waals surface area contributed by atoms with Crippen LogP contribution in [0.25, 0.3) is 0 Å². The Kier molecular flexibility index (Phi) is 4.04. The van der Waals surface area contributed by atoms with Gasteiger partial charge in [-0.2, -0.15) is 0 Å². The average molecular weight is 314 g/mol. The molecule has 94 valence electrons. The molecule has 0 aliphatic rings. The lowest BCUT2D eigenvalue weighted by atomic mass is 10.0. The van der Waals surface area contributed by atoms with Crippen LogP contribution in [0.4, 0.5) is 8.78 Å². The maximum Gasteiger partial charge on any atom is 0.129 e. The Morgan fingerprint density at radius 2 is 2.00 bits per heavy atom. The van der Waals surface area contributed by atoms with Crippen LogP contribution in [0.1, 0.15) is 17.2 Å². The van der Waals surface area contributed by atoms with Gasteiger partial charge >= 0.3 is 0 Å². The second-order valence-electron chi connectivity index (χ2n) is 3.90. The molecule has 1 aromatic carbocycles. The molecule has 2 rings (SSSR count). The molecule has 0 saturated carbocycles. The second kappa shape index (κ2) is 5.54. The van der Waals surface area contributed by atoms with E-state index in [1.54, 1.807) is 18.5 Å². The van der Waals surface area contributed by atoms with Crippen molar-refractivity contribution in [3.8, 4) is 0 Å². The van der Waals surface area contributed by atoms with Crippen LogP contribution >= 0.6 is 15.9 Å². The molecule has 2 nitrogen and oxygen atoms in total. The summed E-state index contributed by atoms with van der Waals surface area (Å²) >= 11 is 3.26. The molecule has 5 heteroatoms. The smallest absolute Gasteiger partial charge is 0.129 e. The molecular weight excluding hydrogens is 304 g/mol. The van der Waals surface area contributed by atoms with Gasteiger partial charge in [0.05, 0.1) is 6.10 Å². The summed E-state index contributed by atoms with van der Waals surface area (Å²) in [6.07, 6.45) is 2.26. The molecule has 0 amide bonds. The molecule has 1 heterocycles. The van der Waals surface area contributed by atoms with Crippen molar-refractivity contribution in [1.29, 1.82) is 0 Å². The van der Waals surface area contributed by atoms with Gasteiger partial charge in [0, 0.05) is 28.9 Å². The Morgan fingerprint density at radius 3 is 2.72 bits per heavy atom. The third-order valence-electron chi connectivity index (χ3n) is 2.51. The SMILES string of the molecule is OC(Cc1cncc(Br)c1)c1cc(F)ccc1F. The quantitative estimate of drug-likeness (QED) is 0.942. The van der Waals surface area contributed by atoms with E-state index in [0.717, 1.165) is 28.2 Å². The van der Waals surface area contributed by atoms with E-state index in [1.165, 1.54) is 0 Å². The lowest BCUT2D eigenvalue weighted by Gasteiger charge is -2.12. The van der Waals surface area contributed by atoms with Gasteiger partial charge in [0.15, 0.2) is 0 Å². The monoisotopic (exact) mass is 313 g/mol. The Labute approximate surface area is 111 Å². The van der Waals surface area contributed by atoms with Gasteiger partial charge < -0.3 is 5.11 Å². The highest BCUT2D eigenvalue weighted by atomic mass is 79.9. The maximum absolute atomic E-state index is 13.5. The fourth-order valence-corrected chi connectivity index (χ4v) is 2.08. The maximum atomic E-state index is 13.5. The zero-order chi connectivity index (χ0) is 13.1. The predicted molar refractivity (Wildman–Crippen MR) is 67.0 cm³/mol. The van der Waals surface area contributed by atoms with Gasteiger partial charge in [-0.1, -0.05) is 0 Å². The van der Waals surface area contributed by atoms with Gasteiger partial charge in [0.2, 0.25) is 0 Å². The van der Waals surface area contributed by atoms with Crippen molar-refractivity contribution in [2.45, 2.75) is 12.5 Å². The molecule has 0 spiro atoms. The van der Waals surface area contributed by atoms with Crippen LogP contribution < -0.4 is 0 Å². The number of aromatic nitrogens is 1. The Hall–Kier alpha value is -1.33. The molecule has 18 heavy (non-hydrogen) atoms. The summed E-state index contributed by atoms with van der Waals surface area (Å²) in [6, 6.07) is 4.80. The molecule has 1 aromatic heterocycles. The Bertz CT molecular complexity index is 562. The lowest BCUT2D eigenvalue weighted by Crippen LogP contribution is -2.05. The number of hydrogen-bond acceptors (Lipinski definition) is 2. The molecule has 2 aromatic rings. The van der Waals surface area contributed by atoms with Crippen LogP contribution in [0.15, 0.2) is 41.1 Å². The summed E-state index contributed by atoms with van der Waals surface area (Å²) in [7, 11) is 0. The topological polar surface area (TPSA) is 33.1 Å². The first-order valence-electron chi connectivity index (χ1n) is 5.28. The van der Waals surface area contributed by atoms with Crippen LogP contribution in [0, 0.1) is 11.6 Å². The molecular formula is C13H10BrF2NO. The molecule has 1 atom stereocenters. The van der Waals surface area contributed by atoms with Crippen molar-refractivity contribution in [3.05, 3.63) is 63.9 Å². The van der Waals surface area contributed by atoms with Gasteiger partial charge in [-0.3, -0.25) is 4.98 Å². The summed E-state index contributed by atoms with van der Waals surface area (Å²) < 4.78 is 27.2. The molecule has 0 aliphatic carbocycles. The van der Waals surface area contributed by atoms with Gasteiger partial charge in [-0.15, -0.1) is 0 Å². The largest absolute Gasteiger partial charge is 0.388 e. The highest BCUT2D eigenvalue weighted by Crippen LogP contribution is 2.22. The number of benzene rings is 1. The van der Waals surface area contributed by atoms with E-state index in [9.17, 15) is 13.9 Å². The highest BCUT2D eigenvalue weighted by Gasteiger charge is 2.14. The van der Waals surface area contributed by atoms with Gasteiger partial charge in [0.1, 0.15) is 11.6 Å². The molecule has 0 saturated heterocycles.